The summed E-state index contributed by atoms with van der Waals surface area (Å²) in [5.74, 6) is -5.43. The number of fused-ring (bicyclic) bond motifs is 4. The summed E-state index contributed by atoms with van der Waals surface area (Å²) in [7, 11) is -8.06. The maximum atomic E-state index is 15.5. The van der Waals surface area contributed by atoms with Crippen LogP contribution in [-0.2, 0) is 56.3 Å². The number of anilines is 1. The van der Waals surface area contributed by atoms with E-state index in [4.69, 9.17) is 11.6 Å². The number of pyridine rings is 1. The van der Waals surface area contributed by atoms with Crippen LogP contribution in [0.25, 0.3) is 22.0 Å². The number of nitrogens with zero attached hydrogens (tertiary/aromatic N) is 5. The van der Waals surface area contributed by atoms with Gasteiger partial charge in [0, 0.05) is 34.9 Å². The fraction of sp³-hybridized carbons (Fsp3) is 0.385. The van der Waals surface area contributed by atoms with Crippen molar-refractivity contribution in [2.45, 2.75) is 74.8 Å². The van der Waals surface area contributed by atoms with E-state index >= 15 is 8.78 Å². The Hall–Kier alpha value is -3.77. The van der Waals surface area contributed by atoms with E-state index in [1.54, 1.807) is 0 Å². The second kappa shape index (κ2) is 17.4. The molecular formula is C39H33ClF10KN7O5S2. The van der Waals surface area contributed by atoms with Gasteiger partial charge in [-0.3, -0.25) is 18.9 Å². The summed E-state index contributed by atoms with van der Waals surface area (Å²) in [6.45, 7) is -0.547. The van der Waals surface area contributed by atoms with Crippen LogP contribution in [0.15, 0.2) is 42.5 Å². The van der Waals surface area contributed by atoms with Gasteiger partial charge in [0.25, 0.3) is 5.92 Å². The number of carbonyl (C=O) groups is 1. The number of halogens is 11. The van der Waals surface area contributed by atoms with Gasteiger partial charge in [0.2, 0.25) is 15.9 Å². The van der Waals surface area contributed by atoms with Crippen molar-refractivity contribution < 1.29 is 65.5 Å². The van der Waals surface area contributed by atoms with Crippen molar-refractivity contribution in [1.29, 1.82) is 0 Å². The molecule has 2 aromatic carbocycles. The van der Waals surface area contributed by atoms with Crippen molar-refractivity contribution in [2.75, 3.05) is 17.2 Å². The third kappa shape index (κ3) is 10.5. The molecule has 2 aliphatic carbocycles. The standard InChI is InChI=1S/C39H32ClF10N7O5S2.K.H/c1-36(2,63(3,59)60)10-9-21-5-6-22(23-7-8-26(40)30-32(23)57(17-37(43,44)45)54-35(30)55-64(4,61)62)31(51-21)27(13-18-11-19(41)14-20(42)12-18)52-28(58)16-56-34-29(33(53-56)39(48,49)50)24-15-25(24)38(34,46)47;;/h5-8,11-12,14,24-25,27H,13,15-17H2,1-4H3,(H,52,58)(H,54,55);;/t24-,25+,27-;;/m0../s1. The van der Waals surface area contributed by atoms with Gasteiger partial charge in [0.15, 0.2) is 21.3 Å². The van der Waals surface area contributed by atoms with Gasteiger partial charge in [-0.1, -0.05) is 23.6 Å². The second-order valence-corrected chi connectivity index (χ2v) is 20.6. The van der Waals surface area contributed by atoms with Crippen molar-refractivity contribution >= 4 is 105 Å². The van der Waals surface area contributed by atoms with Crippen LogP contribution in [0.1, 0.15) is 66.1 Å². The fourth-order valence-corrected chi connectivity index (χ4v) is 8.50. The summed E-state index contributed by atoms with van der Waals surface area (Å²) >= 11 is 6.46. The fourth-order valence-electron chi connectivity index (χ4n) is 7.52. The summed E-state index contributed by atoms with van der Waals surface area (Å²) in [6, 6.07) is 5.24. The molecule has 1 amide bonds. The molecular weight excluding hydrogens is 975 g/mol. The zero-order valence-electron chi connectivity index (χ0n) is 33.4. The van der Waals surface area contributed by atoms with Crippen LogP contribution in [0.5, 0.6) is 0 Å². The number of nitrogens with one attached hydrogen (secondary N) is 2. The van der Waals surface area contributed by atoms with E-state index in [2.05, 4.69) is 32.3 Å². The van der Waals surface area contributed by atoms with Gasteiger partial charge in [-0.2, -0.15) is 45.3 Å². The molecule has 0 bridgehead atoms. The van der Waals surface area contributed by atoms with Gasteiger partial charge in [-0.15, -0.1) is 0 Å². The Bertz CT molecular complexity index is 3040. The molecule has 5 aromatic rings. The summed E-state index contributed by atoms with van der Waals surface area (Å²) in [5.41, 5.74) is -5.17. The minimum absolute atomic E-state index is 0. The Labute approximate surface area is 411 Å². The molecule has 3 heterocycles. The van der Waals surface area contributed by atoms with E-state index in [9.17, 15) is 56.8 Å². The van der Waals surface area contributed by atoms with Gasteiger partial charge in [-0.05, 0) is 74.4 Å². The summed E-state index contributed by atoms with van der Waals surface area (Å²) in [6.07, 6.45) is -9.46. The molecule has 26 heteroatoms. The first-order chi connectivity index (χ1) is 29.3. The van der Waals surface area contributed by atoms with Crippen LogP contribution >= 0.6 is 11.6 Å². The number of rotatable bonds is 11. The first kappa shape index (κ1) is 50.6. The van der Waals surface area contributed by atoms with Crippen LogP contribution in [0.2, 0.25) is 5.02 Å². The monoisotopic (exact) mass is 1010 g/mol. The number of carbonyl (C=O) groups excluding carboxylic acids is 1. The molecule has 7 rings (SSSR count). The number of amides is 1. The Morgan fingerprint density at radius 3 is 2.17 bits per heavy atom. The van der Waals surface area contributed by atoms with Crippen LogP contribution < -0.4 is 10.0 Å². The maximum absolute atomic E-state index is 15.5. The molecule has 0 spiro atoms. The van der Waals surface area contributed by atoms with Crippen molar-refractivity contribution in [3.63, 3.8) is 0 Å². The van der Waals surface area contributed by atoms with Crippen molar-refractivity contribution in [3.05, 3.63) is 93.0 Å². The van der Waals surface area contributed by atoms with Crippen LogP contribution in [-0.4, -0.2) is 122 Å². The van der Waals surface area contributed by atoms with Crippen LogP contribution in [0.4, 0.5) is 49.7 Å². The molecule has 0 aliphatic heterocycles. The van der Waals surface area contributed by atoms with E-state index in [0.717, 1.165) is 24.5 Å². The second-order valence-electron chi connectivity index (χ2n) is 15.9. The Morgan fingerprint density at radius 2 is 1.58 bits per heavy atom. The third-order valence-electron chi connectivity index (χ3n) is 10.6. The normalized spacial score (nSPS) is 17.4. The molecule has 2 aliphatic rings. The molecule has 1 saturated carbocycles. The SMILES string of the molecule is CC(C)(C#Cc1ccc(-c2ccc(Cl)c3c(NS(C)(=O)=O)nn(CC(F)(F)F)c23)c([C@H](Cc2cc(F)cc(F)c2)NC(=O)Cn2nc(C(F)(F)F)c3c2C(F)(F)[C@@H]2C[C@H]32)n1)S(C)(=O)=O.[KH]. The van der Waals surface area contributed by atoms with E-state index < -0.39 is 126 Å². The molecule has 12 nitrogen and oxygen atoms in total. The molecule has 65 heavy (non-hydrogen) atoms. The number of hydrogen-bond donors (Lipinski definition) is 2. The van der Waals surface area contributed by atoms with Gasteiger partial charge >= 0.3 is 63.7 Å². The van der Waals surface area contributed by atoms with Crippen molar-refractivity contribution in [3.8, 4) is 23.0 Å². The van der Waals surface area contributed by atoms with E-state index in [-0.39, 0.29) is 101 Å². The zero-order valence-corrected chi connectivity index (χ0v) is 35.7. The van der Waals surface area contributed by atoms with Gasteiger partial charge < -0.3 is 5.32 Å². The van der Waals surface area contributed by atoms with E-state index in [0.29, 0.717) is 17.0 Å². The average Bonchev–Trinajstić information content (AvgIpc) is 3.66. The van der Waals surface area contributed by atoms with Crippen molar-refractivity contribution in [2.24, 2.45) is 5.92 Å². The zero-order chi connectivity index (χ0) is 47.3. The Morgan fingerprint density at radius 1 is 0.954 bits per heavy atom. The molecule has 2 N–H and O–H groups in total. The molecule has 0 saturated heterocycles. The Balaban J connectivity index is 0.00000700. The van der Waals surface area contributed by atoms with Gasteiger partial charge in [0.05, 0.1) is 33.9 Å². The third-order valence-corrected chi connectivity index (χ3v) is 13.4. The molecule has 0 unspecified atom stereocenters. The topological polar surface area (TPSA) is 158 Å². The summed E-state index contributed by atoms with van der Waals surface area (Å²) in [4.78, 5) is 18.5. The number of hydrogen-bond acceptors (Lipinski definition) is 8. The molecule has 0 radical (unpaired) electrons. The van der Waals surface area contributed by atoms with E-state index in [1.165, 1.54) is 32.0 Å². The average molecular weight is 1010 g/mol. The summed E-state index contributed by atoms with van der Waals surface area (Å²) in [5, 5.41) is 9.01. The predicted octanol–water partition coefficient (Wildman–Crippen LogP) is 7.01. The Kier molecular flexibility index (Phi) is 13.5. The van der Waals surface area contributed by atoms with Gasteiger partial charge in [-0.25, -0.2) is 30.6 Å². The summed E-state index contributed by atoms with van der Waals surface area (Å²) < 4.78 is 195. The van der Waals surface area contributed by atoms with E-state index in [1.807, 2.05) is 4.72 Å². The quantitative estimate of drug-likeness (QED) is 0.0813. The van der Waals surface area contributed by atoms with Gasteiger partial charge in [0.1, 0.15) is 40.9 Å². The molecule has 1 fully saturated rings. The molecule has 3 atom stereocenters. The number of alkyl halides is 8. The molecule has 344 valence electrons. The van der Waals surface area contributed by atoms with Crippen LogP contribution in [0.3, 0.4) is 0 Å². The minimum atomic E-state index is -5.19. The first-order valence-electron chi connectivity index (χ1n) is 18.6. The number of sulfone groups is 1. The first-order valence-corrected chi connectivity index (χ1v) is 22.8. The van der Waals surface area contributed by atoms with Crippen molar-refractivity contribution in [1.82, 2.24) is 29.9 Å². The number of sulfonamides is 1. The predicted molar refractivity (Wildman–Crippen MR) is 218 cm³/mol. The molecule has 3 aromatic heterocycles. The number of aromatic nitrogens is 5. The van der Waals surface area contributed by atoms with Crippen LogP contribution in [0, 0.1) is 29.4 Å². The number of benzene rings is 2.